The SMILES string of the molecule is CCCNCc1ccc(CSCCCO)o1. The van der Waals surface area contributed by atoms with Crippen LogP contribution in [0.1, 0.15) is 31.3 Å². The van der Waals surface area contributed by atoms with E-state index in [0.29, 0.717) is 0 Å². The molecule has 16 heavy (non-hydrogen) atoms. The quantitative estimate of drug-likeness (QED) is 0.654. The van der Waals surface area contributed by atoms with Crippen molar-refractivity contribution in [2.45, 2.75) is 32.1 Å². The van der Waals surface area contributed by atoms with Crippen LogP contribution < -0.4 is 5.32 Å². The Kier molecular flexibility index (Phi) is 7.38. The molecule has 4 heteroatoms. The lowest BCUT2D eigenvalue weighted by molar-refractivity contribution is 0.296. The van der Waals surface area contributed by atoms with E-state index < -0.39 is 0 Å². The van der Waals surface area contributed by atoms with Gasteiger partial charge in [0.15, 0.2) is 0 Å². The van der Waals surface area contributed by atoms with Gasteiger partial charge in [-0.15, -0.1) is 0 Å². The van der Waals surface area contributed by atoms with Crippen LogP contribution in [-0.2, 0) is 12.3 Å². The predicted octanol–water partition coefficient (Wildman–Crippen LogP) is 2.39. The van der Waals surface area contributed by atoms with E-state index in [1.54, 1.807) is 11.8 Å². The van der Waals surface area contributed by atoms with Gasteiger partial charge in [-0.3, -0.25) is 0 Å². The normalized spacial score (nSPS) is 10.9. The largest absolute Gasteiger partial charge is 0.464 e. The van der Waals surface area contributed by atoms with Gasteiger partial charge in [-0.05, 0) is 37.3 Å². The summed E-state index contributed by atoms with van der Waals surface area (Å²) in [4.78, 5) is 0. The predicted molar refractivity (Wildman–Crippen MR) is 68.6 cm³/mol. The number of aliphatic hydroxyl groups excluding tert-OH is 1. The van der Waals surface area contributed by atoms with Gasteiger partial charge in [0.25, 0.3) is 0 Å². The van der Waals surface area contributed by atoms with Crippen LogP contribution in [0.3, 0.4) is 0 Å². The minimum Gasteiger partial charge on any atom is -0.464 e. The van der Waals surface area contributed by atoms with Crippen molar-refractivity contribution in [2.24, 2.45) is 0 Å². The first-order valence-electron chi connectivity index (χ1n) is 5.83. The number of nitrogens with one attached hydrogen (secondary N) is 1. The summed E-state index contributed by atoms with van der Waals surface area (Å²) in [7, 11) is 0. The maximum Gasteiger partial charge on any atom is 0.117 e. The van der Waals surface area contributed by atoms with E-state index in [-0.39, 0.29) is 6.61 Å². The summed E-state index contributed by atoms with van der Waals surface area (Å²) in [6.07, 6.45) is 2.00. The topological polar surface area (TPSA) is 45.4 Å². The van der Waals surface area contributed by atoms with E-state index >= 15 is 0 Å². The Morgan fingerprint density at radius 2 is 2.19 bits per heavy atom. The van der Waals surface area contributed by atoms with Crippen LogP contribution in [0.5, 0.6) is 0 Å². The molecule has 0 aliphatic heterocycles. The van der Waals surface area contributed by atoms with Gasteiger partial charge >= 0.3 is 0 Å². The molecule has 1 rings (SSSR count). The van der Waals surface area contributed by atoms with Gasteiger partial charge in [-0.1, -0.05) is 6.92 Å². The fraction of sp³-hybridized carbons (Fsp3) is 0.667. The molecule has 0 aliphatic rings. The fourth-order valence-electron chi connectivity index (χ4n) is 1.32. The maximum absolute atomic E-state index is 8.64. The maximum atomic E-state index is 8.64. The highest BCUT2D eigenvalue weighted by Crippen LogP contribution is 2.15. The van der Waals surface area contributed by atoms with E-state index in [2.05, 4.69) is 12.2 Å². The molecule has 92 valence electrons. The number of thioether (sulfide) groups is 1. The van der Waals surface area contributed by atoms with Crippen molar-refractivity contribution in [3.63, 3.8) is 0 Å². The molecule has 0 aromatic carbocycles. The molecule has 1 aromatic rings. The molecule has 0 spiro atoms. The average molecular weight is 243 g/mol. The molecule has 0 amide bonds. The highest BCUT2D eigenvalue weighted by atomic mass is 32.2. The molecular weight excluding hydrogens is 222 g/mol. The van der Waals surface area contributed by atoms with Crippen LogP contribution in [-0.4, -0.2) is 24.0 Å². The molecule has 0 radical (unpaired) electrons. The number of rotatable bonds is 9. The molecule has 0 bridgehead atoms. The standard InChI is InChI=1S/C12H21NO2S/c1-2-6-13-9-11-4-5-12(15-11)10-16-8-3-7-14/h4-5,13-14H,2-3,6-10H2,1H3. The zero-order chi connectivity index (χ0) is 11.6. The summed E-state index contributed by atoms with van der Waals surface area (Å²) in [6, 6.07) is 4.07. The molecule has 2 N–H and O–H groups in total. The molecule has 0 fully saturated rings. The summed E-state index contributed by atoms with van der Waals surface area (Å²) in [5, 5.41) is 12.0. The molecule has 0 saturated carbocycles. The Balaban J connectivity index is 2.17. The first-order valence-corrected chi connectivity index (χ1v) is 6.99. The molecule has 0 atom stereocenters. The zero-order valence-corrected chi connectivity index (χ0v) is 10.7. The Morgan fingerprint density at radius 1 is 1.38 bits per heavy atom. The minimum atomic E-state index is 0.275. The number of hydrogen-bond donors (Lipinski definition) is 2. The monoisotopic (exact) mass is 243 g/mol. The van der Waals surface area contributed by atoms with Crippen LogP contribution in [0, 0.1) is 0 Å². The third-order valence-corrected chi connectivity index (χ3v) is 3.20. The number of aliphatic hydroxyl groups is 1. The summed E-state index contributed by atoms with van der Waals surface area (Å²) in [5.41, 5.74) is 0. The lowest BCUT2D eigenvalue weighted by Gasteiger charge is -1.99. The van der Waals surface area contributed by atoms with Crippen molar-refractivity contribution in [3.05, 3.63) is 23.7 Å². The van der Waals surface area contributed by atoms with E-state index in [9.17, 15) is 0 Å². The second kappa shape index (κ2) is 8.67. The van der Waals surface area contributed by atoms with Crippen molar-refractivity contribution in [3.8, 4) is 0 Å². The van der Waals surface area contributed by atoms with Gasteiger partial charge in [0.05, 0.1) is 12.3 Å². The third-order valence-electron chi connectivity index (χ3n) is 2.13. The average Bonchev–Trinajstić information content (AvgIpc) is 2.73. The van der Waals surface area contributed by atoms with E-state index in [4.69, 9.17) is 9.52 Å². The molecule has 0 saturated heterocycles. The first-order chi connectivity index (χ1) is 7.86. The van der Waals surface area contributed by atoms with Crippen molar-refractivity contribution in [1.29, 1.82) is 0 Å². The summed E-state index contributed by atoms with van der Waals surface area (Å²) < 4.78 is 5.66. The first kappa shape index (κ1) is 13.6. The van der Waals surface area contributed by atoms with Gasteiger partial charge in [-0.25, -0.2) is 0 Å². The van der Waals surface area contributed by atoms with Crippen molar-refractivity contribution >= 4 is 11.8 Å². The Hall–Kier alpha value is -0.450. The van der Waals surface area contributed by atoms with Crippen molar-refractivity contribution in [1.82, 2.24) is 5.32 Å². The van der Waals surface area contributed by atoms with Crippen molar-refractivity contribution < 1.29 is 9.52 Å². The molecule has 1 aromatic heterocycles. The highest BCUT2D eigenvalue weighted by Gasteiger charge is 2.01. The molecule has 3 nitrogen and oxygen atoms in total. The zero-order valence-electron chi connectivity index (χ0n) is 9.87. The third kappa shape index (κ3) is 5.58. The van der Waals surface area contributed by atoms with Gasteiger partial charge < -0.3 is 14.8 Å². The van der Waals surface area contributed by atoms with Gasteiger partial charge in [-0.2, -0.15) is 11.8 Å². The molecule has 1 heterocycles. The Bertz CT molecular complexity index is 276. The van der Waals surface area contributed by atoms with Gasteiger partial charge in [0.2, 0.25) is 0 Å². The van der Waals surface area contributed by atoms with E-state index in [1.165, 1.54) is 0 Å². The van der Waals surface area contributed by atoms with Gasteiger partial charge in [0, 0.05) is 6.61 Å². The Morgan fingerprint density at radius 3 is 2.94 bits per heavy atom. The molecule has 0 aliphatic carbocycles. The number of furan rings is 1. The second-order valence-corrected chi connectivity index (χ2v) is 4.78. The van der Waals surface area contributed by atoms with Crippen LogP contribution >= 0.6 is 11.8 Å². The van der Waals surface area contributed by atoms with Crippen LogP contribution in [0.4, 0.5) is 0 Å². The minimum absolute atomic E-state index is 0.275. The van der Waals surface area contributed by atoms with E-state index in [1.807, 2.05) is 12.1 Å². The number of hydrogen-bond acceptors (Lipinski definition) is 4. The molecular formula is C12H21NO2S. The highest BCUT2D eigenvalue weighted by molar-refractivity contribution is 7.98. The fourth-order valence-corrected chi connectivity index (χ4v) is 2.16. The lowest BCUT2D eigenvalue weighted by Crippen LogP contribution is -2.12. The van der Waals surface area contributed by atoms with Gasteiger partial charge in [0.1, 0.15) is 11.5 Å². The van der Waals surface area contributed by atoms with E-state index in [0.717, 1.165) is 49.0 Å². The van der Waals surface area contributed by atoms with Crippen molar-refractivity contribution in [2.75, 3.05) is 18.9 Å². The van der Waals surface area contributed by atoms with Crippen LogP contribution in [0.15, 0.2) is 16.5 Å². The smallest absolute Gasteiger partial charge is 0.117 e. The second-order valence-electron chi connectivity index (χ2n) is 3.67. The lowest BCUT2D eigenvalue weighted by atomic mass is 10.4. The summed E-state index contributed by atoms with van der Waals surface area (Å²) in [6.45, 7) is 4.27. The van der Waals surface area contributed by atoms with Crippen LogP contribution in [0.25, 0.3) is 0 Å². The summed E-state index contributed by atoms with van der Waals surface area (Å²) in [5.74, 6) is 3.91. The summed E-state index contributed by atoms with van der Waals surface area (Å²) >= 11 is 1.80. The van der Waals surface area contributed by atoms with Crippen LogP contribution in [0.2, 0.25) is 0 Å². The molecule has 0 unspecified atom stereocenters. The Labute approximate surface area is 102 Å².